The number of carbonyl (C=O) groups excluding carboxylic acids is 1. The Morgan fingerprint density at radius 1 is 0.609 bits per heavy atom. The number of rotatable bonds is 17. The second kappa shape index (κ2) is 23.8. The number of hydrogen-bond acceptors (Lipinski definition) is 11. The van der Waals surface area contributed by atoms with Crippen molar-refractivity contribution < 1.29 is 53.8 Å². The topological polar surface area (TPSA) is 299 Å². The van der Waals surface area contributed by atoms with Crippen LogP contribution in [0.2, 0.25) is 0 Å². The molecule has 0 aliphatic carbocycles. The fourth-order valence-corrected chi connectivity index (χ4v) is 6.36. The van der Waals surface area contributed by atoms with Crippen molar-refractivity contribution in [2.45, 2.75) is 59.0 Å². The maximum Gasteiger partial charge on any atom is 0.374 e. The van der Waals surface area contributed by atoms with Crippen molar-refractivity contribution >= 4 is 23.8 Å². The third-order valence-corrected chi connectivity index (χ3v) is 10.1. The molecule has 17 heteroatoms. The zero-order chi connectivity index (χ0) is 46.2. The van der Waals surface area contributed by atoms with E-state index in [0.29, 0.717) is 12.8 Å². The predicted molar refractivity (Wildman–Crippen MR) is 238 cm³/mol. The van der Waals surface area contributed by atoms with Crippen molar-refractivity contribution in [3.63, 3.8) is 0 Å². The minimum absolute atomic E-state index is 0. The molecule has 340 valence electrons. The number of benzene rings is 4. The number of aliphatic carboxylic acids is 2. The molecule has 0 spiro atoms. The van der Waals surface area contributed by atoms with Crippen LogP contribution in [-0.2, 0) is 22.4 Å². The van der Waals surface area contributed by atoms with E-state index >= 15 is 0 Å². The van der Waals surface area contributed by atoms with Crippen LogP contribution in [-0.4, -0.2) is 85.0 Å². The van der Waals surface area contributed by atoms with Gasteiger partial charge in [0.05, 0.1) is 36.2 Å². The van der Waals surface area contributed by atoms with Gasteiger partial charge in [-0.2, -0.15) is 10.3 Å². The average Bonchev–Trinajstić information content (AvgIpc) is 3.93. The number of nitrogens with one attached hydrogen (secondary N) is 3. The van der Waals surface area contributed by atoms with Crippen molar-refractivity contribution in [2.24, 2.45) is 16.6 Å². The highest BCUT2D eigenvalue weighted by atomic mass is 16.5. The first kappa shape index (κ1) is 51.0. The van der Waals surface area contributed by atoms with E-state index in [1.54, 1.807) is 0 Å². The number of aliphatic hydroxyl groups is 2. The molecule has 6 aromatic rings. The van der Waals surface area contributed by atoms with Crippen LogP contribution < -0.4 is 22.2 Å². The van der Waals surface area contributed by atoms with E-state index in [0.717, 1.165) is 45.5 Å². The Balaban J connectivity index is 0.000000289. The zero-order valence-corrected chi connectivity index (χ0v) is 34.5. The molecule has 2 aromatic heterocycles. The Morgan fingerprint density at radius 2 is 1.00 bits per heavy atom. The Bertz CT molecular complexity index is 2510. The van der Waals surface area contributed by atoms with Crippen molar-refractivity contribution in [1.29, 1.82) is 0 Å². The minimum atomic E-state index is -1.44. The van der Waals surface area contributed by atoms with E-state index in [9.17, 15) is 49.2 Å². The highest BCUT2D eigenvalue weighted by Gasteiger charge is 2.36. The Hall–Kier alpha value is -7.34. The molecule has 0 radical (unpaired) electrons. The number of carboxylic acids is 3. The lowest BCUT2D eigenvalue weighted by Gasteiger charge is -2.28. The second-order valence-electron chi connectivity index (χ2n) is 15.4. The van der Waals surface area contributed by atoms with Crippen molar-refractivity contribution in [2.75, 3.05) is 13.2 Å². The van der Waals surface area contributed by atoms with Crippen molar-refractivity contribution in [1.82, 2.24) is 15.6 Å². The quantitative estimate of drug-likeness (QED) is 0.0551. The molecule has 4 atom stereocenters. The predicted octanol–water partition coefficient (Wildman–Crippen LogP) is 5.45. The Morgan fingerprint density at radius 3 is 1.36 bits per heavy atom. The molecule has 2 heterocycles. The van der Waals surface area contributed by atoms with Crippen LogP contribution in [0.5, 0.6) is 0 Å². The molecule has 1 amide bonds. The molecule has 17 nitrogen and oxygen atoms in total. The van der Waals surface area contributed by atoms with Gasteiger partial charge in [0.2, 0.25) is 11.5 Å². The average molecular weight is 883 g/mol. The van der Waals surface area contributed by atoms with Crippen molar-refractivity contribution in [3.05, 3.63) is 165 Å². The van der Waals surface area contributed by atoms with E-state index in [4.69, 9.17) is 15.4 Å². The van der Waals surface area contributed by atoms with E-state index in [2.05, 4.69) is 22.0 Å². The number of hydrogen-bond donors (Lipinski definition) is 9. The Kier molecular flexibility index (Phi) is 18.9. The van der Waals surface area contributed by atoms with E-state index in [1.165, 1.54) is 13.8 Å². The highest BCUT2D eigenvalue weighted by molar-refractivity contribution is 5.91. The van der Waals surface area contributed by atoms with Crippen LogP contribution in [0, 0.1) is 10.8 Å². The van der Waals surface area contributed by atoms with Crippen LogP contribution in [0.4, 0.5) is 0 Å². The molecule has 10 N–H and O–H groups in total. The number of aromatic amines is 2. The lowest BCUT2D eigenvalue weighted by atomic mass is 9.82. The molecule has 0 aliphatic rings. The molecule has 64 heavy (non-hydrogen) atoms. The number of amides is 1. The summed E-state index contributed by atoms with van der Waals surface area (Å²) >= 11 is 0. The van der Waals surface area contributed by atoms with Gasteiger partial charge in [0.25, 0.3) is 17.0 Å². The largest absolute Gasteiger partial charge is 0.481 e. The molecule has 6 rings (SSSR count). The van der Waals surface area contributed by atoms with Gasteiger partial charge in [0.15, 0.2) is 0 Å². The van der Waals surface area contributed by atoms with Crippen LogP contribution in [0.3, 0.4) is 0 Å². The van der Waals surface area contributed by atoms with Gasteiger partial charge in [0, 0.05) is 12.1 Å². The van der Waals surface area contributed by atoms with Crippen LogP contribution in [0.1, 0.15) is 66.4 Å². The SMILES string of the molecule is C.C[C@@](CO)(C[C@@H](Cc1ccc(-c2ccccc2)cc1)NC(=O)c1cc(=O)[nH]o1)C(=O)O.C[C@@](CO)(C[C@H](N)Cc1ccc(-c2ccccc2)cc1)C(=O)O.O=C(O)c1cc(=O)[nH]o1. The molecule has 0 bridgehead atoms. The van der Waals surface area contributed by atoms with Gasteiger partial charge >= 0.3 is 17.9 Å². The molecule has 0 fully saturated rings. The highest BCUT2D eigenvalue weighted by Crippen LogP contribution is 2.27. The van der Waals surface area contributed by atoms with Gasteiger partial charge in [-0.3, -0.25) is 24.0 Å². The summed E-state index contributed by atoms with van der Waals surface area (Å²) < 4.78 is 9.02. The summed E-state index contributed by atoms with van der Waals surface area (Å²) in [5.74, 6) is -4.66. The van der Waals surface area contributed by atoms with E-state index in [1.807, 2.05) is 107 Å². The maximum absolute atomic E-state index is 12.5. The fourth-order valence-electron chi connectivity index (χ4n) is 6.36. The second-order valence-corrected chi connectivity index (χ2v) is 15.4. The minimum Gasteiger partial charge on any atom is -0.481 e. The van der Waals surface area contributed by atoms with Gasteiger partial charge < -0.3 is 45.6 Å². The fraction of sp³-hybridized carbons (Fsp3) is 0.277. The van der Waals surface area contributed by atoms with Gasteiger partial charge in [-0.05, 0) is 72.9 Å². The summed E-state index contributed by atoms with van der Waals surface area (Å²) in [5.41, 5.74) is 8.67. The summed E-state index contributed by atoms with van der Waals surface area (Å²) in [6.45, 7) is 1.95. The lowest BCUT2D eigenvalue weighted by molar-refractivity contribution is -0.152. The monoisotopic (exact) mass is 882 g/mol. The summed E-state index contributed by atoms with van der Waals surface area (Å²) in [6.07, 6.45) is 1.13. The molecule has 0 saturated heterocycles. The number of aromatic carboxylic acids is 1. The smallest absolute Gasteiger partial charge is 0.374 e. The third-order valence-electron chi connectivity index (χ3n) is 10.1. The summed E-state index contributed by atoms with van der Waals surface area (Å²) in [7, 11) is 0. The van der Waals surface area contributed by atoms with Gasteiger partial charge in [-0.15, -0.1) is 0 Å². The molecule has 0 aliphatic heterocycles. The number of carboxylic acid groups (broad SMARTS) is 3. The van der Waals surface area contributed by atoms with E-state index < -0.39 is 65.0 Å². The number of H-pyrrole nitrogens is 2. The maximum atomic E-state index is 12.5. The molecular weight excluding hydrogens is 829 g/mol. The van der Waals surface area contributed by atoms with Crippen molar-refractivity contribution in [3.8, 4) is 22.3 Å². The number of carbonyl (C=O) groups is 4. The zero-order valence-electron chi connectivity index (χ0n) is 34.5. The standard InChI is InChI=1S/C23H24N2O6.C19H23NO3.C4H3NO4.CH4/c1-23(14-26,22(29)30)13-18(24-21(28)19-12-20(27)25-31-19)11-15-7-9-17(10-8-15)16-5-3-2-4-6-16;1-19(13-21,18(22)23)12-17(20)11-14-7-9-16(10-8-14)15-5-3-2-4-6-15;6-3-1-2(4(7)8)9-5-3;/h2-10,12,18,26H,11,13-14H2,1H3,(H,24,28)(H,25,27)(H,29,30);2-10,17,21H,11-13,20H2,1H3,(H,22,23);1H,(H,5,6)(H,7,8);1H4/t18-,23+;17-,19+;;/m11../s1. The molecule has 0 saturated carbocycles. The normalized spacial score (nSPS) is 13.4. The first-order chi connectivity index (χ1) is 29.9. The van der Waals surface area contributed by atoms with Crippen LogP contribution >= 0.6 is 0 Å². The summed E-state index contributed by atoms with van der Waals surface area (Å²) in [5, 5.41) is 52.4. The molecular formula is C47H54N4O13. The number of nitrogens with two attached hydrogens (primary N) is 1. The molecule has 4 aromatic carbocycles. The lowest BCUT2D eigenvalue weighted by Crippen LogP contribution is -2.44. The van der Waals surface area contributed by atoms with Gasteiger partial charge in [0.1, 0.15) is 0 Å². The molecule has 0 unspecified atom stereocenters. The van der Waals surface area contributed by atoms with Crippen LogP contribution in [0.25, 0.3) is 22.3 Å². The Labute approximate surface area is 368 Å². The van der Waals surface area contributed by atoms with E-state index in [-0.39, 0.29) is 37.8 Å². The third kappa shape index (κ3) is 14.9. The first-order valence-corrected chi connectivity index (χ1v) is 19.6. The first-order valence-electron chi connectivity index (χ1n) is 19.6. The summed E-state index contributed by atoms with van der Waals surface area (Å²) in [6, 6.07) is 36.7. The van der Waals surface area contributed by atoms with Gasteiger partial charge in [-0.25, -0.2) is 4.79 Å². The van der Waals surface area contributed by atoms with Crippen LogP contribution in [0.15, 0.2) is 140 Å². The van der Waals surface area contributed by atoms with Gasteiger partial charge in [-0.1, -0.05) is 117 Å². The number of aromatic nitrogens is 2. The number of aliphatic hydroxyl groups excluding tert-OH is 2. The summed E-state index contributed by atoms with van der Waals surface area (Å²) in [4.78, 5) is 66.7.